The highest BCUT2D eigenvalue weighted by Gasteiger charge is 2.18. The number of hydrogen-bond acceptors (Lipinski definition) is 7. The number of ether oxygens (including phenoxy) is 2. The normalized spacial score (nSPS) is 12.6. The van der Waals surface area contributed by atoms with Crippen molar-refractivity contribution >= 4 is 11.6 Å². The summed E-state index contributed by atoms with van der Waals surface area (Å²) in [5, 5.41) is 22.7. The molecule has 1 heterocycles. The minimum absolute atomic E-state index is 0.00478. The number of aromatic hydroxyl groups is 2. The van der Waals surface area contributed by atoms with Gasteiger partial charge in [-0.15, -0.1) is 0 Å². The first-order chi connectivity index (χ1) is 21.8. The maximum atomic E-state index is 11.1. The molecular formula is C37H46ClN3O4. The van der Waals surface area contributed by atoms with Crippen LogP contribution in [0.4, 0.5) is 0 Å². The number of unbranched alkanes of at least 4 members (excludes halogenated alkanes) is 2. The number of hydrogen-bond donors (Lipinski definition) is 2. The van der Waals surface area contributed by atoms with E-state index in [1.54, 1.807) is 36.4 Å². The number of phenolic OH excluding ortho intramolecular Hbond substituents is 2. The molecule has 3 aromatic carbocycles. The molecule has 2 atom stereocenters. The fourth-order valence-corrected chi connectivity index (χ4v) is 5.28. The number of rotatable bonds is 17. The van der Waals surface area contributed by atoms with Gasteiger partial charge in [0.05, 0.1) is 24.3 Å². The third-order valence-corrected chi connectivity index (χ3v) is 8.47. The molecular weight excluding hydrogens is 586 g/mol. The van der Waals surface area contributed by atoms with Crippen molar-refractivity contribution in [1.82, 2.24) is 15.0 Å². The third kappa shape index (κ3) is 9.57. The number of phenols is 2. The number of aromatic nitrogens is 3. The predicted molar refractivity (Wildman–Crippen MR) is 182 cm³/mol. The second-order valence-corrected chi connectivity index (χ2v) is 12.1. The highest BCUT2D eigenvalue weighted by molar-refractivity contribution is 6.30. The molecule has 2 N–H and O–H groups in total. The Bertz CT molecular complexity index is 1420. The van der Waals surface area contributed by atoms with E-state index in [1.165, 1.54) is 12.8 Å². The van der Waals surface area contributed by atoms with Gasteiger partial charge in [0.25, 0.3) is 0 Å². The van der Waals surface area contributed by atoms with Crippen molar-refractivity contribution < 1.29 is 19.7 Å². The maximum absolute atomic E-state index is 11.1. The molecule has 4 aromatic rings. The Hall–Kier alpha value is -3.84. The van der Waals surface area contributed by atoms with Crippen molar-refractivity contribution in [3.05, 3.63) is 65.7 Å². The molecule has 0 radical (unpaired) electrons. The van der Waals surface area contributed by atoms with Crippen molar-refractivity contribution in [2.45, 2.75) is 79.1 Å². The summed E-state index contributed by atoms with van der Waals surface area (Å²) >= 11 is 6.14. The molecule has 2 unspecified atom stereocenters. The Morgan fingerprint density at radius 1 is 0.622 bits per heavy atom. The number of benzene rings is 3. The average molecular weight is 632 g/mol. The Labute approximate surface area is 272 Å². The van der Waals surface area contributed by atoms with Gasteiger partial charge < -0.3 is 19.7 Å². The van der Waals surface area contributed by atoms with Gasteiger partial charge in [-0.2, -0.15) is 0 Å². The molecule has 45 heavy (non-hydrogen) atoms. The van der Waals surface area contributed by atoms with Crippen LogP contribution >= 0.6 is 11.6 Å². The lowest BCUT2D eigenvalue weighted by Gasteiger charge is -2.16. The molecule has 0 saturated carbocycles. The van der Waals surface area contributed by atoms with Crippen molar-refractivity contribution in [2.24, 2.45) is 11.8 Å². The number of halogens is 1. The monoisotopic (exact) mass is 631 g/mol. The second kappa shape index (κ2) is 17.0. The molecule has 7 nitrogen and oxygen atoms in total. The lowest BCUT2D eigenvalue weighted by molar-refractivity contribution is 0.232. The molecule has 0 saturated heterocycles. The molecule has 1 aromatic heterocycles. The van der Waals surface area contributed by atoms with Crippen LogP contribution in [0.15, 0.2) is 60.7 Å². The Balaban J connectivity index is 1.64. The molecule has 0 aliphatic rings. The van der Waals surface area contributed by atoms with Crippen LogP contribution in [-0.4, -0.2) is 38.4 Å². The first-order valence-corrected chi connectivity index (χ1v) is 16.7. The minimum Gasteiger partial charge on any atom is -0.507 e. The van der Waals surface area contributed by atoms with Crippen molar-refractivity contribution in [1.29, 1.82) is 0 Å². The topological polar surface area (TPSA) is 97.6 Å². The second-order valence-electron chi connectivity index (χ2n) is 11.6. The molecule has 0 aliphatic heterocycles. The van der Waals surface area contributed by atoms with E-state index >= 15 is 0 Å². The van der Waals surface area contributed by atoms with E-state index in [2.05, 4.69) is 27.7 Å². The van der Waals surface area contributed by atoms with Gasteiger partial charge >= 0.3 is 0 Å². The van der Waals surface area contributed by atoms with Gasteiger partial charge in [-0.1, -0.05) is 77.8 Å². The van der Waals surface area contributed by atoms with E-state index in [1.807, 2.05) is 24.3 Å². The van der Waals surface area contributed by atoms with Gasteiger partial charge in [0.1, 0.15) is 23.0 Å². The zero-order valence-corrected chi connectivity index (χ0v) is 27.7. The van der Waals surface area contributed by atoms with Gasteiger partial charge in [0.2, 0.25) is 0 Å². The van der Waals surface area contributed by atoms with Crippen molar-refractivity contribution in [2.75, 3.05) is 13.2 Å². The summed E-state index contributed by atoms with van der Waals surface area (Å²) in [5.74, 6) is 3.03. The van der Waals surface area contributed by atoms with Crippen LogP contribution in [0.5, 0.6) is 23.0 Å². The van der Waals surface area contributed by atoms with Gasteiger partial charge in [0.15, 0.2) is 17.5 Å². The zero-order valence-electron chi connectivity index (χ0n) is 26.9. The highest BCUT2D eigenvalue weighted by Crippen LogP contribution is 2.36. The predicted octanol–water partition coefficient (Wildman–Crippen LogP) is 10.1. The first-order valence-electron chi connectivity index (χ1n) is 16.3. The van der Waals surface area contributed by atoms with Crippen LogP contribution in [0.3, 0.4) is 0 Å². The fraction of sp³-hybridized carbons (Fsp3) is 0.432. The lowest BCUT2D eigenvalue weighted by Crippen LogP contribution is -2.11. The first kappa shape index (κ1) is 34.0. The van der Waals surface area contributed by atoms with Crippen LogP contribution in [-0.2, 0) is 0 Å². The van der Waals surface area contributed by atoms with Crippen molar-refractivity contribution in [3.8, 4) is 57.2 Å². The molecule has 0 spiro atoms. The van der Waals surface area contributed by atoms with E-state index in [0.29, 0.717) is 58.5 Å². The average Bonchev–Trinajstić information content (AvgIpc) is 3.05. The summed E-state index contributed by atoms with van der Waals surface area (Å²) in [4.78, 5) is 14.1. The smallest absolute Gasteiger partial charge is 0.167 e. The minimum atomic E-state index is -0.00478. The lowest BCUT2D eigenvalue weighted by atomic mass is 10.0. The summed E-state index contributed by atoms with van der Waals surface area (Å²) in [6.07, 6.45) is 9.00. The summed E-state index contributed by atoms with van der Waals surface area (Å²) in [6, 6.07) is 17.5. The van der Waals surface area contributed by atoms with Gasteiger partial charge in [0, 0.05) is 22.7 Å². The Morgan fingerprint density at radius 3 is 1.47 bits per heavy atom. The summed E-state index contributed by atoms with van der Waals surface area (Å²) < 4.78 is 12.1. The van der Waals surface area contributed by atoms with Crippen LogP contribution < -0.4 is 9.47 Å². The van der Waals surface area contributed by atoms with Crippen LogP contribution in [0.2, 0.25) is 5.02 Å². The standard InChI is InChI=1S/C37H46ClN3O4/c1-5-9-11-25(7-3)23-44-29-17-19-31(33(42)21-29)36-39-35(27-13-15-28(38)16-14-27)40-37(41-36)32-20-18-30(22-34(32)43)45-24-26(8-4)12-10-6-2/h13-22,25-26,42-43H,5-12,23-24H2,1-4H3. The third-order valence-electron chi connectivity index (χ3n) is 8.22. The van der Waals surface area contributed by atoms with E-state index < -0.39 is 0 Å². The highest BCUT2D eigenvalue weighted by atomic mass is 35.5. The quantitative estimate of drug-likeness (QED) is 0.120. The van der Waals surface area contributed by atoms with E-state index in [9.17, 15) is 10.2 Å². The fourth-order valence-electron chi connectivity index (χ4n) is 5.15. The van der Waals surface area contributed by atoms with Crippen LogP contribution in [0.25, 0.3) is 34.2 Å². The van der Waals surface area contributed by atoms with Crippen molar-refractivity contribution in [3.63, 3.8) is 0 Å². The molecule has 0 aliphatic carbocycles. The maximum Gasteiger partial charge on any atom is 0.167 e. The molecule has 8 heteroatoms. The zero-order chi connectivity index (χ0) is 32.2. The Morgan fingerprint density at radius 2 is 1.07 bits per heavy atom. The summed E-state index contributed by atoms with van der Waals surface area (Å²) in [6.45, 7) is 9.94. The summed E-state index contributed by atoms with van der Waals surface area (Å²) in [5.41, 5.74) is 1.58. The van der Waals surface area contributed by atoms with E-state index in [-0.39, 0.29) is 23.1 Å². The van der Waals surface area contributed by atoms with Crippen LogP contribution in [0, 0.1) is 11.8 Å². The number of nitrogens with zero attached hydrogens (tertiary/aromatic N) is 3. The molecule has 0 fully saturated rings. The van der Waals surface area contributed by atoms with Gasteiger partial charge in [-0.05, 0) is 73.2 Å². The van der Waals surface area contributed by atoms with Gasteiger partial charge in [-0.3, -0.25) is 0 Å². The Kier molecular flexibility index (Phi) is 12.9. The summed E-state index contributed by atoms with van der Waals surface area (Å²) in [7, 11) is 0. The molecule has 0 amide bonds. The molecule has 0 bridgehead atoms. The SMILES string of the molecule is CCCCC(CC)COc1ccc(-c2nc(-c3ccc(Cl)cc3)nc(-c3ccc(OCC(CC)CCCC)cc3O)n2)c(O)c1. The van der Waals surface area contributed by atoms with E-state index in [4.69, 9.17) is 36.0 Å². The largest absolute Gasteiger partial charge is 0.507 e. The molecule has 4 rings (SSSR count). The molecule has 240 valence electrons. The van der Waals surface area contributed by atoms with E-state index in [0.717, 1.165) is 44.1 Å². The van der Waals surface area contributed by atoms with Gasteiger partial charge in [-0.25, -0.2) is 15.0 Å². The van der Waals surface area contributed by atoms with Crippen LogP contribution in [0.1, 0.15) is 79.1 Å².